The highest BCUT2D eigenvalue weighted by atomic mass is 16.3. The van der Waals surface area contributed by atoms with Gasteiger partial charge in [-0.25, -0.2) is 0 Å². The standard InChI is InChI=1S/C15H18N2O2/c1-11-7-8-13(19-11)10-17-15(18)14(16)9-12-5-3-2-4-6-12/h2-8,14H,9-10,16H2,1H3,(H,17,18)/t14-/m0/s1. The van der Waals surface area contributed by atoms with Gasteiger partial charge in [-0.05, 0) is 31.0 Å². The second kappa shape index (κ2) is 6.20. The highest BCUT2D eigenvalue weighted by Crippen LogP contribution is 2.06. The molecule has 4 heteroatoms. The van der Waals surface area contributed by atoms with E-state index >= 15 is 0 Å². The van der Waals surface area contributed by atoms with Gasteiger partial charge < -0.3 is 15.5 Å². The number of amides is 1. The Morgan fingerprint density at radius 3 is 2.63 bits per heavy atom. The molecule has 1 aromatic heterocycles. The van der Waals surface area contributed by atoms with E-state index in [1.807, 2.05) is 49.4 Å². The normalized spacial score (nSPS) is 12.1. The molecule has 0 aliphatic heterocycles. The fourth-order valence-electron chi connectivity index (χ4n) is 1.85. The van der Waals surface area contributed by atoms with E-state index in [2.05, 4.69) is 5.32 Å². The number of rotatable bonds is 5. The zero-order valence-electron chi connectivity index (χ0n) is 10.9. The lowest BCUT2D eigenvalue weighted by molar-refractivity contribution is -0.122. The number of hydrogen-bond acceptors (Lipinski definition) is 3. The lowest BCUT2D eigenvalue weighted by Crippen LogP contribution is -2.41. The van der Waals surface area contributed by atoms with Crippen LogP contribution in [-0.2, 0) is 17.8 Å². The van der Waals surface area contributed by atoms with Crippen molar-refractivity contribution in [1.29, 1.82) is 0 Å². The molecular weight excluding hydrogens is 240 g/mol. The molecule has 4 nitrogen and oxygen atoms in total. The van der Waals surface area contributed by atoms with Crippen LogP contribution < -0.4 is 11.1 Å². The average Bonchev–Trinajstić information content (AvgIpc) is 2.83. The Morgan fingerprint density at radius 1 is 1.26 bits per heavy atom. The van der Waals surface area contributed by atoms with Gasteiger partial charge in [-0.1, -0.05) is 30.3 Å². The zero-order chi connectivity index (χ0) is 13.7. The molecule has 0 spiro atoms. The second-order valence-electron chi connectivity index (χ2n) is 4.53. The molecule has 0 unspecified atom stereocenters. The van der Waals surface area contributed by atoms with Crippen molar-refractivity contribution in [2.45, 2.75) is 25.9 Å². The molecule has 19 heavy (non-hydrogen) atoms. The fourth-order valence-corrected chi connectivity index (χ4v) is 1.85. The molecule has 0 radical (unpaired) electrons. The molecule has 0 aliphatic rings. The van der Waals surface area contributed by atoms with E-state index in [0.29, 0.717) is 13.0 Å². The molecule has 0 fully saturated rings. The maximum absolute atomic E-state index is 11.8. The van der Waals surface area contributed by atoms with E-state index < -0.39 is 6.04 Å². The SMILES string of the molecule is Cc1ccc(CNC(=O)[C@@H](N)Cc2ccccc2)o1. The van der Waals surface area contributed by atoms with Gasteiger partial charge in [0.05, 0.1) is 12.6 Å². The van der Waals surface area contributed by atoms with Crippen molar-refractivity contribution in [2.75, 3.05) is 0 Å². The van der Waals surface area contributed by atoms with Gasteiger partial charge >= 0.3 is 0 Å². The number of carbonyl (C=O) groups is 1. The first kappa shape index (κ1) is 13.4. The number of furan rings is 1. The van der Waals surface area contributed by atoms with Crippen molar-refractivity contribution >= 4 is 5.91 Å². The smallest absolute Gasteiger partial charge is 0.237 e. The van der Waals surface area contributed by atoms with E-state index in [-0.39, 0.29) is 5.91 Å². The highest BCUT2D eigenvalue weighted by molar-refractivity contribution is 5.81. The van der Waals surface area contributed by atoms with Gasteiger partial charge in [0.2, 0.25) is 5.91 Å². The Morgan fingerprint density at radius 2 is 2.00 bits per heavy atom. The van der Waals surface area contributed by atoms with Crippen LogP contribution in [0.3, 0.4) is 0 Å². The average molecular weight is 258 g/mol. The summed E-state index contributed by atoms with van der Waals surface area (Å²) in [5.74, 6) is 1.40. The number of aryl methyl sites for hydroxylation is 1. The third kappa shape index (κ3) is 3.96. The Hall–Kier alpha value is -2.07. The van der Waals surface area contributed by atoms with Crippen LogP contribution in [0, 0.1) is 6.92 Å². The predicted octanol–water partition coefficient (Wildman–Crippen LogP) is 1.77. The van der Waals surface area contributed by atoms with Gasteiger partial charge in [-0.3, -0.25) is 4.79 Å². The summed E-state index contributed by atoms with van der Waals surface area (Å²) in [6, 6.07) is 12.9. The van der Waals surface area contributed by atoms with Crippen molar-refractivity contribution in [1.82, 2.24) is 5.32 Å². The van der Waals surface area contributed by atoms with Crippen LogP contribution in [0.25, 0.3) is 0 Å². The minimum Gasteiger partial charge on any atom is -0.465 e. The lowest BCUT2D eigenvalue weighted by Gasteiger charge is -2.11. The van der Waals surface area contributed by atoms with E-state index in [1.165, 1.54) is 0 Å². The largest absolute Gasteiger partial charge is 0.465 e. The minimum absolute atomic E-state index is 0.169. The van der Waals surface area contributed by atoms with E-state index in [4.69, 9.17) is 10.2 Å². The maximum atomic E-state index is 11.8. The van der Waals surface area contributed by atoms with Crippen molar-refractivity contribution in [3.63, 3.8) is 0 Å². The van der Waals surface area contributed by atoms with Crippen LogP contribution in [0.4, 0.5) is 0 Å². The van der Waals surface area contributed by atoms with Crippen molar-refractivity contribution < 1.29 is 9.21 Å². The first-order chi connectivity index (χ1) is 9.15. The summed E-state index contributed by atoms with van der Waals surface area (Å²) in [5, 5.41) is 2.77. The molecule has 3 N–H and O–H groups in total. The summed E-state index contributed by atoms with van der Waals surface area (Å²) < 4.78 is 5.38. The fraction of sp³-hybridized carbons (Fsp3) is 0.267. The van der Waals surface area contributed by atoms with E-state index in [0.717, 1.165) is 17.1 Å². The third-order valence-electron chi connectivity index (χ3n) is 2.87. The molecule has 0 saturated heterocycles. The molecule has 0 saturated carbocycles. The van der Waals surface area contributed by atoms with Gasteiger partial charge in [0.15, 0.2) is 0 Å². The zero-order valence-corrected chi connectivity index (χ0v) is 10.9. The number of nitrogens with one attached hydrogen (secondary N) is 1. The molecule has 1 atom stereocenters. The van der Waals surface area contributed by atoms with Crippen molar-refractivity contribution in [2.24, 2.45) is 5.73 Å². The summed E-state index contributed by atoms with van der Waals surface area (Å²) in [6.45, 7) is 2.24. The summed E-state index contributed by atoms with van der Waals surface area (Å²) in [5.41, 5.74) is 6.93. The van der Waals surface area contributed by atoms with Gasteiger partial charge in [0.25, 0.3) is 0 Å². The van der Waals surface area contributed by atoms with E-state index in [1.54, 1.807) is 0 Å². The maximum Gasteiger partial charge on any atom is 0.237 e. The van der Waals surface area contributed by atoms with Crippen LogP contribution >= 0.6 is 0 Å². The Labute approximate surface area is 112 Å². The molecule has 2 rings (SSSR count). The summed E-state index contributed by atoms with van der Waals surface area (Å²) in [4.78, 5) is 11.8. The number of carbonyl (C=O) groups excluding carboxylic acids is 1. The third-order valence-corrected chi connectivity index (χ3v) is 2.87. The van der Waals surface area contributed by atoms with Crippen molar-refractivity contribution in [3.05, 3.63) is 59.5 Å². The Kier molecular flexibility index (Phi) is 4.36. The number of hydrogen-bond donors (Lipinski definition) is 2. The number of nitrogens with two attached hydrogens (primary N) is 1. The Bertz CT molecular complexity index is 534. The first-order valence-corrected chi connectivity index (χ1v) is 6.27. The van der Waals surface area contributed by atoms with Gasteiger partial charge in [0, 0.05) is 0 Å². The predicted molar refractivity (Wildman–Crippen MR) is 73.4 cm³/mol. The molecule has 1 amide bonds. The quantitative estimate of drug-likeness (QED) is 0.859. The lowest BCUT2D eigenvalue weighted by atomic mass is 10.1. The van der Waals surface area contributed by atoms with Crippen LogP contribution in [0.15, 0.2) is 46.9 Å². The Balaban J connectivity index is 1.82. The van der Waals surface area contributed by atoms with Crippen molar-refractivity contribution in [3.8, 4) is 0 Å². The minimum atomic E-state index is -0.543. The first-order valence-electron chi connectivity index (χ1n) is 6.27. The molecule has 0 aliphatic carbocycles. The van der Waals surface area contributed by atoms with Gasteiger partial charge in [-0.15, -0.1) is 0 Å². The van der Waals surface area contributed by atoms with Crippen LogP contribution in [0.1, 0.15) is 17.1 Å². The van der Waals surface area contributed by atoms with Crippen LogP contribution in [-0.4, -0.2) is 11.9 Å². The molecule has 2 aromatic rings. The van der Waals surface area contributed by atoms with Crippen LogP contribution in [0.2, 0.25) is 0 Å². The summed E-state index contributed by atoms with van der Waals surface area (Å²) >= 11 is 0. The topological polar surface area (TPSA) is 68.3 Å². The second-order valence-corrected chi connectivity index (χ2v) is 4.53. The van der Waals surface area contributed by atoms with E-state index in [9.17, 15) is 4.79 Å². The molecule has 100 valence electrons. The molecular formula is C15H18N2O2. The summed E-state index contributed by atoms with van der Waals surface area (Å²) in [6.07, 6.45) is 0.532. The summed E-state index contributed by atoms with van der Waals surface area (Å²) in [7, 11) is 0. The molecule has 1 aromatic carbocycles. The van der Waals surface area contributed by atoms with Gasteiger partial charge in [0.1, 0.15) is 11.5 Å². The number of benzene rings is 1. The van der Waals surface area contributed by atoms with Crippen LogP contribution in [0.5, 0.6) is 0 Å². The molecule has 0 bridgehead atoms. The molecule has 1 heterocycles. The highest BCUT2D eigenvalue weighted by Gasteiger charge is 2.14. The monoisotopic (exact) mass is 258 g/mol. The van der Waals surface area contributed by atoms with Gasteiger partial charge in [-0.2, -0.15) is 0 Å².